The maximum Gasteiger partial charge on any atom is 0.252 e. The molecule has 1 N–H and O–H groups in total. The molecule has 3 nitrogen and oxygen atoms in total. The van der Waals surface area contributed by atoms with Gasteiger partial charge in [-0.2, -0.15) is 0 Å². The van der Waals surface area contributed by atoms with Crippen LogP contribution in [-0.2, 0) is 0 Å². The second-order valence-corrected chi connectivity index (χ2v) is 7.14. The number of aromatic nitrogens is 1. The Morgan fingerprint density at radius 3 is 2.54 bits per heavy atom. The molecular weight excluding hydrogens is 340 g/mol. The third kappa shape index (κ3) is 3.24. The summed E-state index contributed by atoms with van der Waals surface area (Å²) >= 11 is 1.64. The van der Waals surface area contributed by atoms with Crippen LogP contribution in [0.2, 0.25) is 0 Å². The molecule has 128 valence electrons. The number of carbonyl (C=O) groups excluding carboxylic acids is 1. The molecule has 1 atom stereocenters. The lowest BCUT2D eigenvalue weighted by Gasteiger charge is -2.19. The molecule has 2 heterocycles. The molecule has 2 aromatic carbocycles. The lowest BCUT2D eigenvalue weighted by Crippen LogP contribution is -2.29. The van der Waals surface area contributed by atoms with Crippen molar-refractivity contribution in [1.29, 1.82) is 0 Å². The lowest BCUT2D eigenvalue weighted by atomic mass is 10.0. The monoisotopic (exact) mass is 358 g/mol. The summed E-state index contributed by atoms with van der Waals surface area (Å²) in [6.45, 7) is 1.91. The molecule has 0 saturated heterocycles. The minimum Gasteiger partial charge on any atom is -0.340 e. The number of benzene rings is 2. The van der Waals surface area contributed by atoms with Gasteiger partial charge in [-0.15, -0.1) is 11.3 Å². The van der Waals surface area contributed by atoms with E-state index in [-0.39, 0.29) is 11.9 Å². The zero-order valence-corrected chi connectivity index (χ0v) is 15.2. The van der Waals surface area contributed by atoms with Gasteiger partial charge in [0, 0.05) is 16.0 Å². The molecule has 0 radical (unpaired) electrons. The number of rotatable bonds is 4. The number of nitrogens with one attached hydrogen (secondary N) is 1. The van der Waals surface area contributed by atoms with Crippen LogP contribution in [0.5, 0.6) is 0 Å². The van der Waals surface area contributed by atoms with E-state index in [0.29, 0.717) is 5.56 Å². The van der Waals surface area contributed by atoms with Crippen LogP contribution in [0.15, 0.2) is 78.2 Å². The summed E-state index contributed by atoms with van der Waals surface area (Å²) in [6, 6.07) is 23.6. The number of thiophene rings is 1. The van der Waals surface area contributed by atoms with Gasteiger partial charge in [0.05, 0.1) is 17.1 Å². The predicted molar refractivity (Wildman–Crippen MR) is 107 cm³/mol. The van der Waals surface area contributed by atoms with E-state index in [9.17, 15) is 4.79 Å². The highest BCUT2D eigenvalue weighted by Gasteiger charge is 2.20. The Morgan fingerprint density at radius 1 is 1.00 bits per heavy atom. The van der Waals surface area contributed by atoms with Crippen molar-refractivity contribution in [2.24, 2.45) is 0 Å². The highest BCUT2D eigenvalue weighted by Crippen LogP contribution is 2.27. The molecule has 26 heavy (non-hydrogen) atoms. The Hall–Kier alpha value is -2.98. The van der Waals surface area contributed by atoms with Gasteiger partial charge < -0.3 is 5.32 Å². The molecule has 0 fully saturated rings. The summed E-state index contributed by atoms with van der Waals surface area (Å²) in [7, 11) is 0. The summed E-state index contributed by atoms with van der Waals surface area (Å²) in [5.41, 5.74) is 3.40. The van der Waals surface area contributed by atoms with Crippen molar-refractivity contribution >= 4 is 28.1 Å². The van der Waals surface area contributed by atoms with Gasteiger partial charge in [-0.3, -0.25) is 9.78 Å². The normalized spacial score (nSPS) is 12.0. The number of fused-ring (bicyclic) bond motifs is 1. The first-order valence-corrected chi connectivity index (χ1v) is 9.36. The quantitative estimate of drug-likeness (QED) is 0.550. The van der Waals surface area contributed by atoms with E-state index in [1.807, 2.05) is 79.0 Å². The number of hydrogen-bond acceptors (Lipinski definition) is 3. The van der Waals surface area contributed by atoms with E-state index in [1.54, 1.807) is 11.3 Å². The highest BCUT2D eigenvalue weighted by molar-refractivity contribution is 7.10. The number of amides is 1. The summed E-state index contributed by atoms with van der Waals surface area (Å²) < 4.78 is 0. The van der Waals surface area contributed by atoms with Crippen molar-refractivity contribution in [2.45, 2.75) is 13.0 Å². The van der Waals surface area contributed by atoms with E-state index >= 15 is 0 Å². The molecule has 4 aromatic rings. The number of para-hydroxylation sites is 1. The minimum atomic E-state index is -0.170. The molecule has 0 aliphatic carbocycles. The van der Waals surface area contributed by atoms with E-state index in [1.165, 1.54) is 0 Å². The summed E-state index contributed by atoms with van der Waals surface area (Å²) in [5, 5.41) is 6.12. The van der Waals surface area contributed by atoms with E-state index in [4.69, 9.17) is 0 Å². The Bertz CT molecular complexity index is 1040. The molecule has 0 spiro atoms. The minimum absolute atomic E-state index is 0.0889. The smallest absolute Gasteiger partial charge is 0.252 e. The third-order valence-electron chi connectivity index (χ3n) is 4.32. The largest absolute Gasteiger partial charge is 0.340 e. The first kappa shape index (κ1) is 16.5. The van der Waals surface area contributed by atoms with Gasteiger partial charge in [-0.25, -0.2) is 0 Å². The molecular formula is C22H18N2OS. The van der Waals surface area contributed by atoms with Gasteiger partial charge in [-0.1, -0.05) is 54.6 Å². The SMILES string of the molecule is Cc1cc(C(=O)NC(c2ccccc2)c2cccs2)c2ccccc2n1. The average Bonchev–Trinajstić information content (AvgIpc) is 3.20. The zero-order valence-electron chi connectivity index (χ0n) is 14.3. The fraction of sp³-hybridized carbons (Fsp3) is 0.0909. The van der Waals surface area contributed by atoms with Gasteiger partial charge >= 0.3 is 0 Å². The number of aryl methyl sites for hydroxylation is 1. The molecule has 4 rings (SSSR count). The maximum absolute atomic E-state index is 13.2. The van der Waals surface area contributed by atoms with Crippen LogP contribution in [0.4, 0.5) is 0 Å². The first-order chi connectivity index (χ1) is 12.7. The first-order valence-electron chi connectivity index (χ1n) is 8.48. The lowest BCUT2D eigenvalue weighted by molar-refractivity contribution is 0.0945. The molecule has 2 aromatic heterocycles. The zero-order chi connectivity index (χ0) is 17.9. The van der Waals surface area contributed by atoms with Gasteiger partial charge in [0.25, 0.3) is 5.91 Å². The van der Waals surface area contributed by atoms with Crippen LogP contribution >= 0.6 is 11.3 Å². The highest BCUT2D eigenvalue weighted by atomic mass is 32.1. The van der Waals surface area contributed by atoms with Crippen LogP contribution < -0.4 is 5.32 Å². The van der Waals surface area contributed by atoms with Crippen LogP contribution in [-0.4, -0.2) is 10.9 Å². The Morgan fingerprint density at radius 2 is 1.77 bits per heavy atom. The maximum atomic E-state index is 13.2. The van der Waals surface area contributed by atoms with E-state index in [2.05, 4.69) is 16.4 Å². The number of nitrogens with zero attached hydrogens (tertiary/aromatic N) is 1. The standard InChI is InChI=1S/C22H18N2OS/c1-15-14-18(17-10-5-6-11-19(17)23-15)22(25)24-21(20-12-7-13-26-20)16-8-3-2-4-9-16/h2-14,21H,1H3,(H,24,25). The van der Waals surface area contributed by atoms with Gasteiger partial charge in [0.15, 0.2) is 0 Å². The Labute approximate surface area is 156 Å². The van der Waals surface area contributed by atoms with E-state index in [0.717, 1.165) is 27.0 Å². The molecule has 0 bridgehead atoms. The summed E-state index contributed by atoms with van der Waals surface area (Å²) in [4.78, 5) is 18.8. The van der Waals surface area contributed by atoms with Gasteiger partial charge in [0.2, 0.25) is 0 Å². The summed E-state index contributed by atoms with van der Waals surface area (Å²) in [5.74, 6) is -0.0889. The summed E-state index contributed by atoms with van der Waals surface area (Å²) in [6.07, 6.45) is 0. The second-order valence-electron chi connectivity index (χ2n) is 6.16. The molecule has 1 unspecified atom stereocenters. The van der Waals surface area contributed by atoms with Gasteiger partial charge in [0.1, 0.15) is 0 Å². The predicted octanol–water partition coefficient (Wildman–Crippen LogP) is 5.12. The van der Waals surface area contributed by atoms with Crippen molar-refractivity contribution in [2.75, 3.05) is 0 Å². The topological polar surface area (TPSA) is 42.0 Å². The molecule has 0 saturated carbocycles. The number of hydrogen-bond donors (Lipinski definition) is 1. The number of pyridine rings is 1. The molecule has 1 amide bonds. The van der Waals surface area contributed by atoms with Gasteiger partial charge in [-0.05, 0) is 36.1 Å². The fourth-order valence-corrected chi connectivity index (χ4v) is 3.93. The van der Waals surface area contributed by atoms with Crippen LogP contribution in [0.25, 0.3) is 10.9 Å². The van der Waals surface area contributed by atoms with Crippen LogP contribution in [0.3, 0.4) is 0 Å². The van der Waals surface area contributed by atoms with Crippen molar-refractivity contribution in [1.82, 2.24) is 10.3 Å². The molecule has 0 aliphatic heterocycles. The molecule has 0 aliphatic rings. The van der Waals surface area contributed by atoms with E-state index < -0.39 is 0 Å². The van der Waals surface area contributed by atoms with Crippen molar-refractivity contribution in [3.8, 4) is 0 Å². The fourth-order valence-electron chi connectivity index (χ4n) is 3.12. The second kappa shape index (κ2) is 7.10. The third-order valence-corrected chi connectivity index (χ3v) is 5.26. The number of carbonyl (C=O) groups is 1. The van der Waals surface area contributed by atoms with Crippen molar-refractivity contribution in [3.63, 3.8) is 0 Å². The Kier molecular flexibility index (Phi) is 4.50. The van der Waals surface area contributed by atoms with Crippen LogP contribution in [0.1, 0.15) is 32.5 Å². The van der Waals surface area contributed by atoms with Crippen LogP contribution in [0, 0.1) is 6.92 Å². The van der Waals surface area contributed by atoms with Crippen molar-refractivity contribution in [3.05, 3.63) is 99.9 Å². The molecule has 4 heteroatoms. The average molecular weight is 358 g/mol. The van der Waals surface area contributed by atoms with Crippen molar-refractivity contribution < 1.29 is 4.79 Å². The Balaban J connectivity index is 1.74.